The van der Waals surface area contributed by atoms with Gasteiger partial charge in [0.1, 0.15) is 23.9 Å². The molecule has 2 aliphatic heterocycles. The first-order valence-corrected chi connectivity index (χ1v) is 13.6. The van der Waals surface area contributed by atoms with Gasteiger partial charge in [-0.3, -0.25) is 14.5 Å². The zero-order valence-corrected chi connectivity index (χ0v) is 22.8. The number of carbonyl (C=O) groups is 4. The van der Waals surface area contributed by atoms with Gasteiger partial charge in [-0.05, 0) is 41.5 Å². The van der Waals surface area contributed by atoms with Crippen molar-refractivity contribution in [2.24, 2.45) is 0 Å². The molecule has 41 heavy (non-hydrogen) atoms. The number of ether oxygens (including phenoxy) is 1. The van der Waals surface area contributed by atoms with Crippen molar-refractivity contribution in [3.63, 3.8) is 0 Å². The van der Waals surface area contributed by atoms with Crippen LogP contribution >= 0.6 is 12.6 Å². The van der Waals surface area contributed by atoms with Gasteiger partial charge in [0.25, 0.3) is 11.8 Å². The molecule has 3 aromatic carbocycles. The molecule has 1 fully saturated rings. The molecule has 4 aromatic rings. The molecule has 2 aliphatic rings. The Balaban J connectivity index is 1.46. The maximum absolute atomic E-state index is 14.2. The number of nitrogens with one attached hydrogen (secondary N) is 2. The molecule has 4 amide bonds. The number of thiol groups is 1. The van der Waals surface area contributed by atoms with Crippen molar-refractivity contribution in [1.82, 2.24) is 15.2 Å². The number of benzene rings is 3. The van der Waals surface area contributed by atoms with Crippen LogP contribution in [-0.2, 0) is 16.0 Å². The molecule has 3 atom stereocenters. The van der Waals surface area contributed by atoms with Crippen molar-refractivity contribution in [2.75, 3.05) is 17.8 Å². The second kappa shape index (κ2) is 10.3. The molecule has 0 saturated carbocycles. The fraction of sp³-hybridized carbons (Fsp3) is 0.200. The third kappa shape index (κ3) is 4.29. The largest absolute Gasteiger partial charge is 0.497 e. The van der Waals surface area contributed by atoms with Crippen LogP contribution in [0.2, 0.25) is 0 Å². The van der Waals surface area contributed by atoms with Gasteiger partial charge in [0.2, 0.25) is 0 Å². The standard InChI is InChI=1S/C30H26N4O6S/c1-40-17-8-6-7-16(13-17)26-25-20(18-9-2-4-11-21(18)31-25)14-24-28(36)34(30(39)33(24)26)23-12-5-3-10-19(23)27(35)32-22(15-41)29(37)38/h2-13,22,24,26,31,41H,14-15H2,1H3,(H,32,35)(H,37,38)/t22-,24-,26?/m0/s1. The van der Waals surface area contributed by atoms with Gasteiger partial charge in [-0.15, -0.1) is 0 Å². The molecule has 1 aromatic heterocycles. The molecular formula is C30H26N4O6S. The molecular weight excluding hydrogens is 544 g/mol. The van der Waals surface area contributed by atoms with Gasteiger partial charge >= 0.3 is 12.0 Å². The number of anilines is 1. The molecule has 6 rings (SSSR count). The topological polar surface area (TPSA) is 132 Å². The number of methoxy groups -OCH3 is 1. The Kier molecular flexibility index (Phi) is 6.66. The number of aliphatic carboxylic acids is 1. The minimum atomic E-state index is -1.24. The molecule has 11 heteroatoms. The first-order chi connectivity index (χ1) is 19.8. The first-order valence-electron chi connectivity index (χ1n) is 13.0. The number of aromatic amines is 1. The van der Waals surface area contributed by atoms with E-state index in [2.05, 4.69) is 22.9 Å². The summed E-state index contributed by atoms with van der Waals surface area (Å²) in [7, 11) is 1.56. The maximum atomic E-state index is 14.2. The summed E-state index contributed by atoms with van der Waals surface area (Å²) in [5.74, 6) is -1.97. The van der Waals surface area contributed by atoms with Crippen LogP contribution in [0.15, 0.2) is 72.8 Å². The Bertz CT molecular complexity index is 1720. The quantitative estimate of drug-likeness (QED) is 0.198. The van der Waals surface area contributed by atoms with E-state index in [4.69, 9.17) is 4.74 Å². The van der Waals surface area contributed by atoms with Crippen LogP contribution in [0.1, 0.15) is 33.2 Å². The number of amides is 4. The third-order valence-electron chi connectivity index (χ3n) is 7.63. The van der Waals surface area contributed by atoms with Crippen molar-refractivity contribution < 1.29 is 29.0 Å². The third-order valence-corrected chi connectivity index (χ3v) is 8.00. The van der Waals surface area contributed by atoms with Gasteiger partial charge in [-0.2, -0.15) is 12.6 Å². The van der Waals surface area contributed by atoms with Gasteiger partial charge in [0, 0.05) is 28.8 Å². The van der Waals surface area contributed by atoms with Crippen LogP contribution < -0.4 is 15.0 Å². The Hall–Kier alpha value is -4.77. The average Bonchev–Trinajstić information content (AvgIpc) is 3.48. The van der Waals surface area contributed by atoms with Crippen molar-refractivity contribution >= 4 is 53.0 Å². The van der Waals surface area contributed by atoms with E-state index >= 15 is 0 Å². The number of hydrogen-bond acceptors (Lipinski definition) is 6. The highest BCUT2D eigenvalue weighted by atomic mass is 32.1. The number of H-pyrrole nitrogens is 1. The number of hydrogen-bond donors (Lipinski definition) is 4. The average molecular weight is 571 g/mol. The second-order valence-corrected chi connectivity index (χ2v) is 10.3. The predicted octanol–water partition coefficient (Wildman–Crippen LogP) is 3.77. The van der Waals surface area contributed by atoms with Gasteiger partial charge in [-0.1, -0.05) is 42.5 Å². The summed E-state index contributed by atoms with van der Waals surface area (Å²) >= 11 is 4.01. The zero-order chi connectivity index (χ0) is 28.8. The lowest BCUT2D eigenvalue weighted by molar-refractivity contribution is -0.138. The van der Waals surface area contributed by atoms with E-state index in [9.17, 15) is 24.3 Å². The smallest absolute Gasteiger partial charge is 0.332 e. The van der Waals surface area contributed by atoms with Crippen LogP contribution in [0.5, 0.6) is 5.75 Å². The lowest BCUT2D eigenvalue weighted by atomic mass is 9.89. The zero-order valence-electron chi connectivity index (χ0n) is 21.9. The van der Waals surface area contributed by atoms with Gasteiger partial charge < -0.3 is 20.1 Å². The predicted molar refractivity (Wildman–Crippen MR) is 155 cm³/mol. The Morgan fingerprint density at radius 3 is 2.61 bits per heavy atom. The SMILES string of the molecule is COc1cccc(C2c3[nH]c4ccccc4c3C[C@H]3C(=O)N(c4ccccc4C(=O)N[C@@H](CS)C(=O)O)C(=O)N23)c1. The Morgan fingerprint density at radius 2 is 1.85 bits per heavy atom. The van der Waals surface area contributed by atoms with Crippen LogP contribution in [0.25, 0.3) is 10.9 Å². The summed E-state index contributed by atoms with van der Waals surface area (Å²) in [6, 6.07) is 18.1. The van der Waals surface area contributed by atoms with E-state index in [1.807, 2.05) is 48.5 Å². The van der Waals surface area contributed by atoms with E-state index in [0.29, 0.717) is 5.75 Å². The molecule has 1 unspecified atom stereocenters. The second-order valence-electron chi connectivity index (χ2n) is 9.89. The summed E-state index contributed by atoms with van der Waals surface area (Å²) in [6.07, 6.45) is 0.288. The lowest BCUT2D eigenvalue weighted by Crippen LogP contribution is -2.44. The van der Waals surface area contributed by atoms with E-state index in [1.165, 1.54) is 12.1 Å². The monoisotopic (exact) mass is 570 g/mol. The molecule has 1 saturated heterocycles. The van der Waals surface area contributed by atoms with Crippen molar-refractivity contribution in [2.45, 2.75) is 24.5 Å². The van der Waals surface area contributed by atoms with Crippen molar-refractivity contribution in [3.8, 4) is 5.75 Å². The number of rotatable bonds is 7. The number of fused-ring (bicyclic) bond motifs is 4. The number of carboxylic acid groups (broad SMARTS) is 1. The van der Waals surface area contributed by atoms with E-state index in [0.717, 1.165) is 32.6 Å². The summed E-state index contributed by atoms with van der Waals surface area (Å²) < 4.78 is 5.46. The minimum absolute atomic E-state index is 0.00369. The highest BCUT2D eigenvalue weighted by molar-refractivity contribution is 7.80. The molecule has 10 nitrogen and oxygen atoms in total. The van der Waals surface area contributed by atoms with E-state index in [-0.39, 0.29) is 23.4 Å². The van der Waals surface area contributed by atoms with E-state index < -0.39 is 41.9 Å². The Morgan fingerprint density at radius 1 is 1.10 bits per heavy atom. The number of carbonyl (C=O) groups excluding carboxylic acids is 3. The highest BCUT2D eigenvalue weighted by Gasteiger charge is 2.53. The van der Waals surface area contributed by atoms with Gasteiger partial charge in [0.15, 0.2) is 0 Å². The molecule has 0 aliphatic carbocycles. The Labute approximate surface area is 240 Å². The molecule has 3 N–H and O–H groups in total. The van der Waals surface area contributed by atoms with Crippen LogP contribution in [0.4, 0.5) is 10.5 Å². The highest BCUT2D eigenvalue weighted by Crippen LogP contribution is 2.45. The van der Waals surface area contributed by atoms with Crippen LogP contribution in [0, 0.1) is 0 Å². The summed E-state index contributed by atoms with van der Waals surface area (Å²) in [6.45, 7) is 0. The van der Waals surface area contributed by atoms with Crippen molar-refractivity contribution in [3.05, 3.63) is 95.2 Å². The molecule has 0 spiro atoms. The molecule has 3 heterocycles. The summed E-state index contributed by atoms with van der Waals surface area (Å²) in [5, 5.41) is 12.8. The number of imide groups is 1. The number of nitrogens with zero attached hydrogens (tertiary/aromatic N) is 2. The molecule has 208 valence electrons. The number of carboxylic acids is 1. The number of aromatic nitrogens is 1. The first kappa shape index (κ1) is 26.5. The van der Waals surface area contributed by atoms with Gasteiger partial charge in [-0.25, -0.2) is 14.5 Å². The normalized spacial score (nSPS) is 18.7. The van der Waals surface area contributed by atoms with Gasteiger partial charge in [0.05, 0.1) is 18.4 Å². The molecule has 0 radical (unpaired) electrons. The number of urea groups is 1. The summed E-state index contributed by atoms with van der Waals surface area (Å²) in [5.41, 5.74) is 3.50. The molecule has 0 bridgehead atoms. The fourth-order valence-corrected chi connectivity index (χ4v) is 5.98. The van der Waals surface area contributed by atoms with Crippen LogP contribution in [0.3, 0.4) is 0 Å². The minimum Gasteiger partial charge on any atom is -0.497 e. The number of para-hydroxylation sites is 2. The lowest BCUT2D eigenvalue weighted by Gasteiger charge is -2.36. The van der Waals surface area contributed by atoms with Crippen molar-refractivity contribution in [1.29, 1.82) is 0 Å². The fourth-order valence-electron chi connectivity index (χ4n) is 5.74. The maximum Gasteiger partial charge on any atom is 0.332 e. The van der Waals surface area contributed by atoms with E-state index in [1.54, 1.807) is 24.1 Å². The summed E-state index contributed by atoms with van der Waals surface area (Å²) in [4.78, 5) is 59.0. The van der Waals surface area contributed by atoms with Crippen LogP contribution in [-0.4, -0.2) is 63.8 Å².